The first kappa shape index (κ1) is 11.6. The number of hydrogen-bond acceptors (Lipinski definition) is 4. The van der Waals surface area contributed by atoms with Gasteiger partial charge in [0.1, 0.15) is 12.1 Å². The first-order valence-electron chi connectivity index (χ1n) is 4.55. The molecule has 5 heteroatoms. The summed E-state index contributed by atoms with van der Waals surface area (Å²) in [5.74, 6) is 0.974. The van der Waals surface area contributed by atoms with E-state index in [0.717, 1.165) is 15.8 Å². The molecule has 78 valence electrons. The van der Waals surface area contributed by atoms with Gasteiger partial charge in [0.25, 0.3) is 0 Å². The van der Waals surface area contributed by atoms with Crippen LogP contribution in [0.1, 0.15) is 13.3 Å². The van der Waals surface area contributed by atoms with Gasteiger partial charge in [-0.1, -0.05) is 0 Å². The first-order valence-corrected chi connectivity index (χ1v) is 5.63. The summed E-state index contributed by atoms with van der Waals surface area (Å²) in [6, 6.07) is 0.406. The Morgan fingerprint density at radius 1 is 1.64 bits per heavy atom. The second-order valence-electron chi connectivity index (χ2n) is 3.23. The van der Waals surface area contributed by atoms with E-state index < -0.39 is 0 Å². The highest BCUT2D eigenvalue weighted by Crippen LogP contribution is 2.19. The quantitative estimate of drug-likeness (QED) is 0.851. The zero-order chi connectivity index (χ0) is 10.6. The molecule has 0 fully saturated rings. The molecule has 0 aliphatic rings. The van der Waals surface area contributed by atoms with Crippen molar-refractivity contribution >= 4 is 28.4 Å². The molecule has 0 aliphatic heterocycles. The molecule has 0 amide bonds. The predicted octanol–water partition coefficient (Wildman–Crippen LogP) is 1.25. The summed E-state index contributed by atoms with van der Waals surface area (Å²) in [7, 11) is 2.03. The van der Waals surface area contributed by atoms with Gasteiger partial charge in [0.15, 0.2) is 0 Å². The highest BCUT2D eigenvalue weighted by Gasteiger charge is 2.12. The second kappa shape index (κ2) is 5.45. The SMILES string of the molecule is CC(CCN)N(C)c1ncncc1I. The number of anilines is 1. The molecular weight excluding hydrogens is 291 g/mol. The maximum atomic E-state index is 5.52. The van der Waals surface area contributed by atoms with Crippen LogP contribution in [0.4, 0.5) is 5.82 Å². The third-order valence-electron chi connectivity index (χ3n) is 2.23. The lowest BCUT2D eigenvalue weighted by Gasteiger charge is -2.26. The Morgan fingerprint density at radius 3 is 2.93 bits per heavy atom. The standard InChI is InChI=1S/C9H15IN4/c1-7(3-4-11)14(2)9-8(10)5-12-6-13-9/h5-7H,3-4,11H2,1-2H3. The molecule has 0 saturated heterocycles. The molecule has 0 aliphatic carbocycles. The molecule has 1 unspecified atom stereocenters. The molecule has 1 atom stereocenters. The van der Waals surface area contributed by atoms with E-state index >= 15 is 0 Å². The summed E-state index contributed by atoms with van der Waals surface area (Å²) in [4.78, 5) is 10.3. The van der Waals surface area contributed by atoms with Crippen molar-refractivity contribution in [2.45, 2.75) is 19.4 Å². The van der Waals surface area contributed by atoms with E-state index in [1.807, 2.05) is 13.2 Å². The van der Waals surface area contributed by atoms with E-state index in [0.29, 0.717) is 12.6 Å². The maximum Gasteiger partial charge on any atom is 0.145 e. The fraction of sp³-hybridized carbons (Fsp3) is 0.556. The van der Waals surface area contributed by atoms with Crippen molar-refractivity contribution in [3.05, 3.63) is 16.1 Å². The second-order valence-corrected chi connectivity index (χ2v) is 4.39. The Labute approximate surface area is 98.1 Å². The molecular formula is C9H15IN4. The Bertz CT molecular complexity index is 292. The summed E-state index contributed by atoms with van der Waals surface area (Å²) in [5.41, 5.74) is 5.52. The lowest BCUT2D eigenvalue weighted by molar-refractivity contribution is 0.628. The van der Waals surface area contributed by atoms with Gasteiger partial charge in [0, 0.05) is 19.3 Å². The van der Waals surface area contributed by atoms with Gasteiger partial charge in [-0.05, 0) is 42.5 Å². The smallest absolute Gasteiger partial charge is 0.145 e. The van der Waals surface area contributed by atoms with E-state index in [1.54, 1.807) is 6.33 Å². The molecule has 0 aromatic carbocycles. The van der Waals surface area contributed by atoms with Crippen LogP contribution in [0.3, 0.4) is 0 Å². The summed E-state index contributed by atoms with van der Waals surface area (Å²) >= 11 is 2.24. The van der Waals surface area contributed by atoms with Crippen LogP contribution in [0.2, 0.25) is 0 Å². The molecule has 4 nitrogen and oxygen atoms in total. The minimum Gasteiger partial charge on any atom is -0.356 e. The zero-order valence-corrected chi connectivity index (χ0v) is 10.6. The van der Waals surface area contributed by atoms with Crippen molar-refractivity contribution in [3.63, 3.8) is 0 Å². The Morgan fingerprint density at radius 2 is 2.36 bits per heavy atom. The van der Waals surface area contributed by atoms with Crippen LogP contribution < -0.4 is 10.6 Å². The number of nitrogens with two attached hydrogens (primary N) is 1. The van der Waals surface area contributed by atoms with E-state index in [2.05, 4.69) is 44.4 Å². The molecule has 0 bridgehead atoms. The summed E-state index contributed by atoms with van der Waals surface area (Å²) in [5, 5.41) is 0. The minimum absolute atomic E-state index is 0.406. The van der Waals surface area contributed by atoms with Crippen LogP contribution in [0, 0.1) is 3.57 Å². The van der Waals surface area contributed by atoms with Crippen LogP contribution in [-0.2, 0) is 0 Å². The van der Waals surface area contributed by atoms with Crippen LogP contribution in [0.15, 0.2) is 12.5 Å². The van der Waals surface area contributed by atoms with Gasteiger partial charge < -0.3 is 10.6 Å². The highest BCUT2D eigenvalue weighted by molar-refractivity contribution is 14.1. The van der Waals surface area contributed by atoms with Crippen LogP contribution in [0.25, 0.3) is 0 Å². The molecule has 14 heavy (non-hydrogen) atoms. The van der Waals surface area contributed by atoms with Crippen molar-refractivity contribution in [2.24, 2.45) is 5.73 Å². The van der Waals surface area contributed by atoms with Crippen molar-refractivity contribution in [3.8, 4) is 0 Å². The molecule has 0 spiro atoms. The average molecular weight is 306 g/mol. The van der Waals surface area contributed by atoms with Crippen molar-refractivity contribution in [2.75, 3.05) is 18.5 Å². The fourth-order valence-corrected chi connectivity index (χ4v) is 1.89. The summed E-state index contributed by atoms with van der Waals surface area (Å²) in [6.45, 7) is 2.85. The Balaban J connectivity index is 2.78. The molecule has 1 rings (SSSR count). The zero-order valence-electron chi connectivity index (χ0n) is 8.44. The van der Waals surface area contributed by atoms with E-state index in [1.165, 1.54) is 0 Å². The minimum atomic E-state index is 0.406. The van der Waals surface area contributed by atoms with Crippen molar-refractivity contribution in [1.82, 2.24) is 9.97 Å². The van der Waals surface area contributed by atoms with Gasteiger partial charge in [-0.2, -0.15) is 0 Å². The van der Waals surface area contributed by atoms with E-state index in [-0.39, 0.29) is 0 Å². The van der Waals surface area contributed by atoms with Crippen LogP contribution in [-0.4, -0.2) is 29.6 Å². The lowest BCUT2D eigenvalue weighted by atomic mass is 10.2. The molecule has 0 radical (unpaired) electrons. The Hall–Kier alpha value is -0.430. The fourth-order valence-electron chi connectivity index (χ4n) is 1.21. The van der Waals surface area contributed by atoms with E-state index in [9.17, 15) is 0 Å². The van der Waals surface area contributed by atoms with Gasteiger partial charge in [0.05, 0.1) is 3.57 Å². The maximum absolute atomic E-state index is 5.52. The van der Waals surface area contributed by atoms with Gasteiger partial charge in [-0.3, -0.25) is 0 Å². The third-order valence-corrected chi connectivity index (χ3v) is 2.99. The topological polar surface area (TPSA) is 55.0 Å². The highest BCUT2D eigenvalue weighted by atomic mass is 127. The third kappa shape index (κ3) is 2.78. The number of nitrogens with zero attached hydrogens (tertiary/aromatic N) is 3. The van der Waals surface area contributed by atoms with Crippen molar-refractivity contribution < 1.29 is 0 Å². The van der Waals surface area contributed by atoms with Gasteiger partial charge in [-0.25, -0.2) is 9.97 Å². The molecule has 1 aromatic rings. The normalized spacial score (nSPS) is 12.6. The van der Waals surface area contributed by atoms with E-state index in [4.69, 9.17) is 5.73 Å². The number of halogens is 1. The Kier molecular flexibility index (Phi) is 4.53. The number of rotatable bonds is 4. The first-order chi connectivity index (χ1) is 6.66. The molecule has 0 saturated carbocycles. The molecule has 1 heterocycles. The lowest BCUT2D eigenvalue weighted by Crippen LogP contribution is -2.32. The average Bonchev–Trinajstić information content (AvgIpc) is 2.18. The number of aromatic nitrogens is 2. The van der Waals surface area contributed by atoms with Crippen molar-refractivity contribution in [1.29, 1.82) is 0 Å². The molecule has 2 N–H and O–H groups in total. The van der Waals surface area contributed by atoms with Gasteiger partial charge >= 0.3 is 0 Å². The monoisotopic (exact) mass is 306 g/mol. The van der Waals surface area contributed by atoms with Crippen LogP contribution in [0.5, 0.6) is 0 Å². The van der Waals surface area contributed by atoms with Gasteiger partial charge in [-0.15, -0.1) is 0 Å². The molecule has 1 aromatic heterocycles. The largest absolute Gasteiger partial charge is 0.356 e. The predicted molar refractivity (Wildman–Crippen MR) is 66.3 cm³/mol. The number of hydrogen-bond donors (Lipinski definition) is 1. The van der Waals surface area contributed by atoms with Crippen LogP contribution >= 0.6 is 22.6 Å². The van der Waals surface area contributed by atoms with Gasteiger partial charge in [0.2, 0.25) is 0 Å². The summed E-state index contributed by atoms with van der Waals surface area (Å²) < 4.78 is 1.07. The summed E-state index contributed by atoms with van der Waals surface area (Å²) in [6.07, 6.45) is 4.36.